The third-order valence-electron chi connectivity index (χ3n) is 1.93. The molecule has 0 heterocycles. The van der Waals surface area contributed by atoms with Crippen LogP contribution in [0.15, 0.2) is 12.1 Å². The number of halogens is 4. The Morgan fingerprint density at radius 2 is 1.93 bits per heavy atom. The summed E-state index contributed by atoms with van der Waals surface area (Å²) in [5.74, 6) is -1.72. The van der Waals surface area contributed by atoms with Gasteiger partial charge in [-0.05, 0) is 19.1 Å². The van der Waals surface area contributed by atoms with Crippen LogP contribution in [-0.4, -0.2) is 11.2 Å². The van der Waals surface area contributed by atoms with Gasteiger partial charge in [0.2, 0.25) is 0 Å². The van der Waals surface area contributed by atoms with Crippen molar-refractivity contribution in [2.75, 3.05) is 0 Å². The minimum atomic E-state index is -1.12. The molecule has 3 N–H and O–H groups in total. The molecule has 2 nitrogen and oxygen atoms in total. The van der Waals surface area contributed by atoms with E-state index in [9.17, 15) is 8.78 Å². The van der Waals surface area contributed by atoms with Crippen LogP contribution in [0.5, 0.6) is 0 Å². The van der Waals surface area contributed by atoms with Crippen molar-refractivity contribution in [2.24, 2.45) is 5.73 Å². The predicted octanol–water partition coefficient (Wildman–Crippen LogP) is 2.42. The van der Waals surface area contributed by atoms with Crippen LogP contribution in [-0.2, 0) is 0 Å². The average Bonchev–Trinajstić information content (AvgIpc) is 2.12. The minimum absolute atomic E-state index is 0. The highest BCUT2D eigenvalue weighted by Gasteiger charge is 2.22. The zero-order chi connectivity index (χ0) is 10.9. The van der Waals surface area contributed by atoms with E-state index in [1.807, 2.05) is 0 Å². The molecule has 0 spiro atoms. The second-order valence-electron chi connectivity index (χ2n) is 3.02. The van der Waals surface area contributed by atoms with Crippen molar-refractivity contribution in [2.45, 2.75) is 19.1 Å². The van der Waals surface area contributed by atoms with E-state index in [0.717, 1.165) is 12.1 Å². The van der Waals surface area contributed by atoms with E-state index in [2.05, 4.69) is 0 Å². The fourth-order valence-electron chi connectivity index (χ4n) is 1.09. The second kappa shape index (κ2) is 5.61. The molecule has 0 aromatic heterocycles. The molecule has 1 rings (SSSR count). The van der Waals surface area contributed by atoms with E-state index >= 15 is 0 Å². The molecule has 0 fully saturated rings. The molecular formula is C9H11Cl2F2NO. The van der Waals surface area contributed by atoms with E-state index in [1.165, 1.54) is 6.92 Å². The SMILES string of the molecule is C[C@H](O)[C@H](N)c1c(F)ccc(Cl)c1F.Cl. The number of rotatable bonds is 2. The fraction of sp³-hybridized carbons (Fsp3) is 0.333. The van der Waals surface area contributed by atoms with E-state index in [1.54, 1.807) is 0 Å². The van der Waals surface area contributed by atoms with Crippen molar-refractivity contribution in [3.63, 3.8) is 0 Å². The van der Waals surface area contributed by atoms with Crippen molar-refractivity contribution in [3.05, 3.63) is 34.4 Å². The summed E-state index contributed by atoms with van der Waals surface area (Å²) in [4.78, 5) is 0. The Hall–Kier alpha value is -0.420. The summed E-state index contributed by atoms with van der Waals surface area (Å²) in [5.41, 5.74) is 5.04. The molecule has 0 unspecified atom stereocenters. The lowest BCUT2D eigenvalue weighted by Crippen LogP contribution is -2.25. The van der Waals surface area contributed by atoms with Crippen LogP contribution in [0.1, 0.15) is 18.5 Å². The summed E-state index contributed by atoms with van der Waals surface area (Å²) in [6.07, 6.45) is -1.04. The first-order chi connectivity index (χ1) is 6.45. The zero-order valence-corrected chi connectivity index (χ0v) is 9.45. The number of aliphatic hydroxyl groups excluding tert-OH is 1. The molecule has 0 aliphatic heterocycles. The Labute approximate surface area is 97.4 Å². The quantitative estimate of drug-likeness (QED) is 0.800. The van der Waals surface area contributed by atoms with E-state index in [-0.39, 0.29) is 23.0 Å². The van der Waals surface area contributed by atoms with Crippen molar-refractivity contribution < 1.29 is 13.9 Å². The van der Waals surface area contributed by atoms with Gasteiger partial charge in [-0.1, -0.05) is 11.6 Å². The minimum Gasteiger partial charge on any atom is -0.391 e. The van der Waals surface area contributed by atoms with Crippen LogP contribution < -0.4 is 5.73 Å². The normalized spacial score (nSPS) is 14.3. The van der Waals surface area contributed by atoms with Gasteiger partial charge in [-0.15, -0.1) is 12.4 Å². The van der Waals surface area contributed by atoms with Gasteiger partial charge in [-0.2, -0.15) is 0 Å². The molecule has 1 aromatic carbocycles. The second-order valence-corrected chi connectivity index (χ2v) is 3.43. The molecule has 86 valence electrons. The lowest BCUT2D eigenvalue weighted by Gasteiger charge is -2.16. The summed E-state index contributed by atoms with van der Waals surface area (Å²) in [6, 6.07) is 1.00. The number of nitrogens with two attached hydrogens (primary N) is 1. The average molecular weight is 258 g/mol. The topological polar surface area (TPSA) is 46.2 Å². The molecule has 0 aliphatic rings. The maximum atomic E-state index is 13.3. The van der Waals surface area contributed by atoms with Crippen molar-refractivity contribution in [1.29, 1.82) is 0 Å². The Kier molecular flexibility index (Phi) is 5.45. The Morgan fingerprint density at radius 3 is 2.40 bits per heavy atom. The number of hydrogen-bond donors (Lipinski definition) is 2. The summed E-state index contributed by atoms with van der Waals surface area (Å²) < 4.78 is 26.5. The largest absolute Gasteiger partial charge is 0.391 e. The summed E-state index contributed by atoms with van der Waals surface area (Å²) >= 11 is 5.46. The van der Waals surface area contributed by atoms with Gasteiger partial charge in [0.15, 0.2) is 0 Å². The van der Waals surface area contributed by atoms with Crippen molar-refractivity contribution >= 4 is 24.0 Å². The van der Waals surface area contributed by atoms with Crippen LogP contribution in [0.3, 0.4) is 0 Å². The van der Waals surface area contributed by atoms with E-state index in [0.29, 0.717) is 0 Å². The molecule has 0 saturated heterocycles. The number of aliphatic hydroxyl groups is 1. The van der Waals surface area contributed by atoms with Crippen LogP contribution >= 0.6 is 24.0 Å². The van der Waals surface area contributed by atoms with Gasteiger partial charge in [0.1, 0.15) is 11.6 Å². The van der Waals surface area contributed by atoms with Gasteiger partial charge in [0, 0.05) is 5.56 Å². The molecule has 1 aromatic rings. The maximum Gasteiger partial charge on any atom is 0.149 e. The maximum absolute atomic E-state index is 13.3. The molecule has 15 heavy (non-hydrogen) atoms. The Bertz CT molecular complexity index is 347. The van der Waals surface area contributed by atoms with Gasteiger partial charge < -0.3 is 10.8 Å². The molecule has 0 saturated carbocycles. The smallest absolute Gasteiger partial charge is 0.149 e. The fourth-order valence-corrected chi connectivity index (χ4v) is 1.25. The van der Waals surface area contributed by atoms with E-state index in [4.69, 9.17) is 22.4 Å². The molecule has 0 radical (unpaired) electrons. The highest BCUT2D eigenvalue weighted by molar-refractivity contribution is 6.30. The summed E-state index contributed by atoms with van der Waals surface area (Å²) in [6.45, 7) is 1.35. The third-order valence-corrected chi connectivity index (χ3v) is 2.22. The van der Waals surface area contributed by atoms with Crippen LogP contribution in [0.25, 0.3) is 0 Å². The third kappa shape index (κ3) is 3.01. The first-order valence-corrected chi connectivity index (χ1v) is 4.40. The number of benzene rings is 1. The highest BCUT2D eigenvalue weighted by Crippen LogP contribution is 2.26. The predicted molar refractivity (Wildman–Crippen MR) is 57.2 cm³/mol. The molecular weight excluding hydrogens is 247 g/mol. The van der Waals surface area contributed by atoms with Crippen LogP contribution in [0, 0.1) is 11.6 Å². The Balaban J connectivity index is 0.00000196. The molecule has 0 aliphatic carbocycles. The van der Waals surface area contributed by atoms with Crippen LogP contribution in [0.4, 0.5) is 8.78 Å². The summed E-state index contributed by atoms with van der Waals surface area (Å²) in [7, 11) is 0. The number of hydrogen-bond acceptors (Lipinski definition) is 2. The van der Waals surface area contributed by atoms with Gasteiger partial charge in [-0.25, -0.2) is 8.78 Å². The first-order valence-electron chi connectivity index (χ1n) is 4.02. The van der Waals surface area contributed by atoms with Crippen LogP contribution in [0.2, 0.25) is 5.02 Å². The monoisotopic (exact) mass is 257 g/mol. The van der Waals surface area contributed by atoms with Gasteiger partial charge in [0.25, 0.3) is 0 Å². The van der Waals surface area contributed by atoms with Gasteiger partial charge >= 0.3 is 0 Å². The molecule has 0 bridgehead atoms. The zero-order valence-electron chi connectivity index (χ0n) is 7.88. The first kappa shape index (κ1) is 14.6. The lowest BCUT2D eigenvalue weighted by atomic mass is 10.0. The van der Waals surface area contributed by atoms with Gasteiger partial charge in [0.05, 0.1) is 17.2 Å². The molecule has 6 heteroatoms. The lowest BCUT2D eigenvalue weighted by molar-refractivity contribution is 0.160. The van der Waals surface area contributed by atoms with Crippen molar-refractivity contribution in [1.82, 2.24) is 0 Å². The van der Waals surface area contributed by atoms with Crippen molar-refractivity contribution in [3.8, 4) is 0 Å². The summed E-state index contributed by atoms with van der Waals surface area (Å²) in [5, 5.41) is 8.90. The Morgan fingerprint density at radius 1 is 1.40 bits per heavy atom. The molecule has 0 amide bonds. The standard InChI is InChI=1S/C9H10ClF2NO.ClH/c1-4(14)9(13)7-6(11)3-2-5(10)8(7)12;/h2-4,9,14H,13H2,1H3;1H/t4-,9-;/m0./s1. The highest BCUT2D eigenvalue weighted by atomic mass is 35.5. The van der Waals surface area contributed by atoms with Gasteiger partial charge in [-0.3, -0.25) is 0 Å². The molecule has 2 atom stereocenters. The van der Waals surface area contributed by atoms with E-state index < -0.39 is 23.8 Å².